The van der Waals surface area contributed by atoms with Gasteiger partial charge in [-0.15, -0.1) is 23.2 Å². The van der Waals surface area contributed by atoms with E-state index >= 15 is 0 Å². The largest absolute Gasteiger partial charge is 0.392 e. The van der Waals surface area contributed by atoms with Gasteiger partial charge in [0, 0.05) is 43.5 Å². The van der Waals surface area contributed by atoms with Gasteiger partial charge in [0.05, 0.1) is 25.4 Å². The number of fused-ring (bicyclic) bond motifs is 1. The normalized spacial score (nSPS) is 52.3. The van der Waals surface area contributed by atoms with Crippen molar-refractivity contribution in [1.82, 2.24) is 14.7 Å². The summed E-state index contributed by atoms with van der Waals surface area (Å²) in [5.74, 6) is 1.79. The predicted octanol–water partition coefficient (Wildman–Crippen LogP) is 1.75. The molecule has 9 heteroatoms. The molecule has 182 valence electrons. The highest BCUT2D eigenvalue weighted by molar-refractivity contribution is 6.23. The molecule has 0 bridgehead atoms. The van der Waals surface area contributed by atoms with Crippen LogP contribution in [0, 0.1) is 17.8 Å². The molecular formula is C23H37Cl2N3O4. The van der Waals surface area contributed by atoms with Gasteiger partial charge >= 0.3 is 0 Å². The fourth-order valence-corrected chi connectivity index (χ4v) is 8.05. The van der Waals surface area contributed by atoms with Crippen LogP contribution in [0.5, 0.6) is 0 Å². The maximum atomic E-state index is 9.99. The van der Waals surface area contributed by atoms with Crippen molar-refractivity contribution in [3.8, 4) is 0 Å². The highest BCUT2D eigenvalue weighted by Gasteiger charge is 2.62. The number of hydrogen-bond donors (Lipinski definition) is 1. The second-order valence-electron chi connectivity index (χ2n) is 11.2. The summed E-state index contributed by atoms with van der Waals surface area (Å²) in [4.78, 5) is 7.40. The number of piperidine rings is 1. The average molecular weight is 490 g/mol. The Bertz CT molecular complexity index is 676. The number of nitrogens with zero attached hydrogens (tertiary/aromatic N) is 3. The molecule has 0 aromatic rings. The fraction of sp³-hybridized carbons (Fsp3) is 1.00. The van der Waals surface area contributed by atoms with Crippen LogP contribution >= 0.6 is 23.2 Å². The number of β-amino-alcohol motifs (C(OH)–C–C–N with tert-alkyl or cyclic N) is 1. The van der Waals surface area contributed by atoms with E-state index in [4.69, 9.17) is 37.4 Å². The number of epoxide rings is 2. The van der Waals surface area contributed by atoms with E-state index in [2.05, 4.69) is 21.7 Å². The number of halogens is 2. The first-order valence-electron chi connectivity index (χ1n) is 12.5. The first kappa shape index (κ1) is 22.7. The van der Waals surface area contributed by atoms with Gasteiger partial charge in [0.25, 0.3) is 0 Å². The minimum absolute atomic E-state index is 0.0881. The monoisotopic (exact) mass is 489 g/mol. The molecule has 1 aliphatic carbocycles. The van der Waals surface area contributed by atoms with Gasteiger partial charge in [0.2, 0.25) is 0 Å². The van der Waals surface area contributed by atoms with Crippen molar-refractivity contribution in [3.05, 3.63) is 0 Å². The van der Waals surface area contributed by atoms with E-state index in [9.17, 15) is 5.11 Å². The van der Waals surface area contributed by atoms with Gasteiger partial charge in [-0.2, -0.15) is 0 Å². The lowest BCUT2D eigenvalue weighted by Gasteiger charge is -2.42. The Hall–Kier alpha value is 0.300. The van der Waals surface area contributed by atoms with E-state index in [1.54, 1.807) is 0 Å². The maximum Gasteiger partial charge on any atom is 0.199 e. The van der Waals surface area contributed by atoms with E-state index in [1.807, 2.05) is 0 Å². The minimum atomic E-state index is -0.196. The Labute approximate surface area is 201 Å². The summed E-state index contributed by atoms with van der Waals surface area (Å²) in [5.41, 5.74) is -0.119. The number of rotatable bonds is 6. The van der Waals surface area contributed by atoms with Crippen LogP contribution in [0.4, 0.5) is 0 Å². The molecule has 0 radical (unpaired) electrons. The summed E-state index contributed by atoms with van der Waals surface area (Å²) in [6.07, 6.45) is 4.62. The molecule has 9 unspecified atom stereocenters. The Morgan fingerprint density at radius 3 is 2.31 bits per heavy atom. The first-order valence-corrected chi connectivity index (χ1v) is 13.3. The molecule has 7 nitrogen and oxygen atoms in total. The lowest BCUT2D eigenvalue weighted by molar-refractivity contribution is -0.0371. The van der Waals surface area contributed by atoms with E-state index < -0.39 is 0 Å². The van der Waals surface area contributed by atoms with Crippen molar-refractivity contribution in [2.45, 2.75) is 73.2 Å². The molecule has 0 amide bonds. The van der Waals surface area contributed by atoms with Gasteiger partial charge in [0.1, 0.15) is 0 Å². The topological polar surface area (TPSA) is 64.2 Å². The Kier molecular flexibility index (Phi) is 6.22. The molecule has 0 spiro atoms. The molecule has 1 N–H and O–H groups in total. The molecule has 0 aromatic heterocycles. The van der Waals surface area contributed by atoms with Gasteiger partial charge in [-0.1, -0.05) is 0 Å². The molecule has 6 aliphatic rings. The molecule has 5 aliphatic heterocycles. The molecular weight excluding hydrogens is 453 g/mol. The van der Waals surface area contributed by atoms with Crippen LogP contribution in [-0.2, 0) is 14.2 Å². The maximum absolute atomic E-state index is 9.99. The number of likely N-dealkylation sites (tertiary alicyclic amines) is 3. The van der Waals surface area contributed by atoms with Crippen LogP contribution < -0.4 is 0 Å². The van der Waals surface area contributed by atoms with Crippen LogP contribution in [0.25, 0.3) is 0 Å². The Morgan fingerprint density at radius 1 is 1.00 bits per heavy atom. The highest BCUT2D eigenvalue weighted by Crippen LogP contribution is 2.47. The standard InChI is InChI=1S/C23H37Cl2N3O4/c1-26-11-19(29)2-3-20(26)23(13-31-23)28-9-15-7-27(8-16(15)10-28)21-22(32-21)30-12-14-4-17(24)6-18(25)5-14/h14-22,29H,2-13H2,1H3. The summed E-state index contributed by atoms with van der Waals surface area (Å²) in [6.45, 7) is 6.64. The fourth-order valence-electron chi connectivity index (χ4n) is 7.03. The van der Waals surface area contributed by atoms with Crippen LogP contribution in [-0.4, -0.2) is 114 Å². The van der Waals surface area contributed by atoms with Crippen LogP contribution in [0.1, 0.15) is 32.1 Å². The molecule has 0 aromatic carbocycles. The summed E-state index contributed by atoms with van der Waals surface area (Å²) in [5, 5.41) is 10.3. The zero-order valence-corrected chi connectivity index (χ0v) is 20.5. The molecule has 6 rings (SSSR count). The highest BCUT2D eigenvalue weighted by atomic mass is 35.5. The van der Waals surface area contributed by atoms with Gasteiger partial charge in [-0.05, 0) is 56.9 Å². The van der Waals surface area contributed by atoms with E-state index in [-0.39, 0.29) is 35.1 Å². The molecule has 5 saturated heterocycles. The van der Waals surface area contributed by atoms with Crippen molar-refractivity contribution < 1.29 is 19.3 Å². The minimum Gasteiger partial charge on any atom is -0.392 e. The smallest absolute Gasteiger partial charge is 0.199 e. The number of likely N-dealkylation sites (N-methyl/N-ethyl adjacent to an activating group) is 1. The second kappa shape index (κ2) is 8.75. The van der Waals surface area contributed by atoms with Crippen molar-refractivity contribution >= 4 is 23.2 Å². The average Bonchev–Trinajstić information content (AvgIpc) is 3.61. The zero-order valence-electron chi connectivity index (χ0n) is 19.0. The molecule has 6 fully saturated rings. The number of aliphatic hydroxyl groups is 1. The summed E-state index contributed by atoms with van der Waals surface area (Å²) < 4.78 is 18.1. The number of aliphatic hydroxyl groups excluding tert-OH is 1. The quantitative estimate of drug-likeness (QED) is 0.450. The van der Waals surface area contributed by atoms with Gasteiger partial charge < -0.3 is 19.3 Å². The van der Waals surface area contributed by atoms with E-state index in [0.29, 0.717) is 30.4 Å². The lowest BCUT2D eigenvalue weighted by Crippen LogP contribution is -2.57. The third kappa shape index (κ3) is 4.35. The lowest BCUT2D eigenvalue weighted by atomic mass is 9.89. The number of alkyl halides is 2. The number of ether oxygens (including phenoxy) is 3. The van der Waals surface area contributed by atoms with Gasteiger partial charge in [-0.3, -0.25) is 14.7 Å². The first-order chi connectivity index (χ1) is 15.4. The molecule has 1 saturated carbocycles. The Balaban J connectivity index is 0.970. The third-order valence-corrected chi connectivity index (χ3v) is 9.50. The SMILES string of the molecule is CN1CC(O)CCC1C1(N2CC3CN(C4OC4OCC4CC(Cl)CC(Cl)C4)CC3C2)CO1. The van der Waals surface area contributed by atoms with Crippen LogP contribution in [0.15, 0.2) is 0 Å². The molecule has 32 heavy (non-hydrogen) atoms. The van der Waals surface area contributed by atoms with Crippen LogP contribution in [0.3, 0.4) is 0 Å². The predicted molar refractivity (Wildman–Crippen MR) is 122 cm³/mol. The second-order valence-corrected chi connectivity index (χ2v) is 12.4. The Morgan fingerprint density at radius 2 is 1.69 bits per heavy atom. The van der Waals surface area contributed by atoms with Gasteiger partial charge in [-0.25, -0.2) is 0 Å². The molecule has 9 atom stereocenters. The van der Waals surface area contributed by atoms with Crippen LogP contribution in [0.2, 0.25) is 0 Å². The summed E-state index contributed by atoms with van der Waals surface area (Å²) in [6, 6.07) is 0.394. The van der Waals surface area contributed by atoms with Crippen molar-refractivity contribution in [2.24, 2.45) is 17.8 Å². The van der Waals surface area contributed by atoms with E-state index in [0.717, 1.165) is 71.4 Å². The summed E-state index contributed by atoms with van der Waals surface area (Å²) >= 11 is 12.7. The van der Waals surface area contributed by atoms with Crippen molar-refractivity contribution in [3.63, 3.8) is 0 Å². The van der Waals surface area contributed by atoms with Crippen molar-refractivity contribution in [2.75, 3.05) is 53.0 Å². The third-order valence-electron chi connectivity index (χ3n) is 8.79. The van der Waals surface area contributed by atoms with Crippen molar-refractivity contribution in [1.29, 1.82) is 0 Å². The van der Waals surface area contributed by atoms with E-state index in [1.165, 1.54) is 0 Å². The summed E-state index contributed by atoms with van der Waals surface area (Å²) in [7, 11) is 2.13. The number of hydrogen-bond acceptors (Lipinski definition) is 7. The molecule has 5 heterocycles. The zero-order chi connectivity index (χ0) is 22.0. The van der Waals surface area contributed by atoms with Gasteiger partial charge in [0.15, 0.2) is 18.2 Å².